The van der Waals surface area contributed by atoms with Gasteiger partial charge >= 0.3 is 0 Å². The van der Waals surface area contributed by atoms with E-state index in [4.69, 9.17) is 20.3 Å². The number of nitrogens with two attached hydrogens (primary N) is 1. The molecule has 2 fully saturated rings. The maximum absolute atomic E-state index is 10.1. The third-order valence-corrected chi connectivity index (χ3v) is 4.54. The Balaban J connectivity index is 2.11. The monoisotopic (exact) mass is 339 g/mol. The zero-order valence-electron chi connectivity index (χ0n) is 12.4. The summed E-state index contributed by atoms with van der Waals surface area (Å²) in [6.45, 7) is -0.992. The first-order valence-corrected chi connectivity index (χ1v) is 7.50. The van der Waals surface area contributed by atoms with Gasteiger partial charge in [-0.3, -0.25) is 0 Å². The van der Waals surface area contributed by atoms with Crippen molar-refractivity contribution in [3.8, 4) is 0 Å². The highest BCUT2D eigenvalue weighted by Crippen LogP contribution is 2.31. The Kier molecular flexibility index (Phi) is 6.30. The zero-order chi connectivity index (χ0) is 17.3. The van der Waals surface area contributed by atoms with Crippen LogP contribution in [-0.4, -0.2) is 104 Å². The van der Waals surface area contributed by atoms with Crippen LogP contribution in [0, 0.1) is 5.92 Å². The third kappa shape index (κ3) is 3.66. The fourth-order valence-electron chi connectivity index (χ4n) is 3.05. The van der Waals surface area contributed by atoms with Crippen molar-refractivity contribution in [1.82, 2.24) is 0 Å². The lowest BCUT2D eigenvalue weighted by molar-refractivity contribution is -0.328. The molecule has 1 aliphatic carbocycles. The third-order valence-electron chi connectivity index (χ3n) is 4.54. The van der Waals surface area contributed by atoms with E-state index in [9.17, 15) is 30.6 Å². The number of ether oxygens (including phenoxy) is 2. The Morgan fingerprint density at radius 1 is 0.870 bits per heavy atom. The van der Waals surface area contributed by atoms with Gasteiger partial charge in [-0.2, -0.15) is 0 Å². The Bertz CT molecular complexity index is 382. The lowest BCUT2D eigenvalue weighted by Gasteiger charge is -2.45. The summed E-state index contributed by atoms with van der Waals surface area (Å²) in [6.07, 6.45) is -11.0. The molecule has 1 saturated heterocycles. The molecule has 10 heteroatoms. The topological polar surface area (TPSA) is 186 Å². The second-order valence-electron chi connectivity index (χ2n) is 6.12. The number of aliphatic hydroxyl groups excluding tert-OH is 7. The van der Waals surface area contributed by atoms with Gasteiger partial charge in [-0.05, 0) is 6.42 Å². The van der Waals surface area contributed by atoms with Crippen molar-refractivity contribution < 1.29 is 45.2 Å². The highest BCUT2D eigenvalue weighted by atomic mass is 16.7. The molecular formula is C13H25NO9. The number of hydrogen-bond donors (Lipinski definition) is 8. The minimum Gasteiger partial charge on any atom is -0.396 e. The molecule has 10 atom stereocenters. The van der Waals surface area contributed by atoms with Gasteiger partial charge in [-0.15, -0.1) is 0 Å². The first-order chi connectivity index (χ1) is 10.8. The highest BCUT2D eigenvalue weighted by molar-refractivity contribution is 4.97. The Morgan fingerprint density at radius 3 is 2.09 bits per heavy atom. The van der Waals surface area contributed by atoms with Crippen LogP contribution >= 0.6 is 0 Å². The van der Waals surface area contributed by atoms with Crippen molar-refractivity contribution in [2.24, 2.45) is 11.7 Å². The van der Waals surface area contributed by atoms with Crippen molar-refractivity contribution >= 4 is 0 Å². The molecule has 10 nitrogen and oxygen atoms in total. The lowest BCUT2D eigenvalue weighted by atomic mass is 9.80. The van der Waals surface area contributed by atoms with E-state index in [2.05, 4.69) is 0 Å². The van der Waals surface area contributed by atoms with Crippen LogP contribution in [0.3, 0.4) is 0 Å². The summed E-state index contributed by atoms with van der Waals surface area (Å²) in [6, 6.07) is -0.739. The minimum absolute atomic E-state index is 0.177. The molecule has 0 aromatic rings. The molecule has 0 bridgehead atoms. The molecule has 0 aromatic carbocycles. The molecule has 0 spiro atoms. The highest BCUT2D eigenvalue weighted by Gasteiger charge is 2.49. The first kappa shape index (κ1) is 18.9. The maximum atomic E-state index is 10.1. The van der Waals surface area contributed by atoms with Crippen LogP contribution < -0.4 is 5.73 Å². The summed E-state index contributed by atoms with van der Waals surface area (Å²) in [7, 11) is 0. The van der Waals surface area contributed by atoms with Crippen molar-refractivity contribution in [1.29, 1.82) is 0 Å². The van der Waals surface area contributed by atoms with Gasteiger partial charge in [-0.1, -0.05) is 0 Å². The molecule has 9 N–H and O–H groups in total. The van der Waals surface area contributed by atoms with Crippen LogP contribution in [-0.2, 0) is 9.47 Å². The van der Waals surface area contributed by atoms with Crippen molar-refractivity contribution in [3.05, 3.63) is 0 Å². The van der Waals surface area contributed by atoms with Crippen molar-refractivity contribution in [3.63, 3.8) is 0 Å². The minimum atomic E-state index is -1.63. The summed E-state index contributed by atoms with van der Waals surface area (Å²) < 4.78 is 10.6. The molecule has 0 radical (unpaired) electrons. The van der Waals surface area contributed by atoms with Crippen LogP contribution in [0.25, 0.3) is 0 Å². The van der Waals surface area contributed by atoms with E-state index in [0.717, 1.165) is 0 Å². The van der Waals surface area contributed by atoms with Gasteiger partial charge < -0.3 is 51.0 Å². The van der Waals surface area contributed by atoms with E-state index in [0.29, 0.717) is 0 Å². The predicted octanol–water partition coefficient (Wildman–Crippen LogP) is -4.77. The predicted molar refractivity (Wildman–Crippen MR) is 73.8 cm³/mol. The average Bonchev–Trinajstić information content (AvgIpc) is 2.55. The number of aliphatic hydroxyl groups is 7. The molecule has 2 rings (SSSR count). The van der Waals surface area contributed by atoms with Crippen molar-refractivity contribution in [2.45, 2.75) is 61.5 Å². The molecule has 0 amide bonds. The summed E-state index contributed by atoms with van der Waals surface area (Å²) >= 11 is 0. The Morgan fingerprint density at radius 2 is 1.52 bits per heavy atom. The number of hydrogen-bond acceptors (Lipinski definition) is 10. The Labute approximate surface area is 132 Å². The molecule has 3 unspecified atom stereocenters. The quantitative estimate of drug-likeness (QED) is 0.247. The van der Waals surface area contributed by atoms with E-state index in [-0.39, 0.29) is 13.0 Å². The molecule has 2 aliphatic rings. The average molecular weight is 339 g/mol. The van der Waals surface area contributed by atoms with Crippen LogP contribution in [0.5, 0.6) is 0 Å². The zero-order valence-corrected chi connectivity index (χ0v) is 12.4. The van der Waals surface area contributed by atoms with E-state index in [1.54, 1.807) is 0 Å². The van der Waals surface area contributed by atoms with Crippen LogP contribution in [0.1, 0.15) is 6.42 Å². The van der Waals surface area contributed by atoms with Gasteiger partial charge in [0.15, 0.2) is 6.29 Å². The van der Waals surface area contributed by atoms with E-state index in [1.807, 2.05) is 0 Å². The molecule has 1 heterocycles. The van der Waals surface area contributed by atoms with Gasteiger partial charge in [0.05, 0.1) is 18.8 Å². The van der Waals surface area contributed by atoms with E-state index < -0.39 is 67.6 Å². The van der Waals surface area contributed by atoms with Gasteiger partial charge in [0, 0.05) is 18.6 Å². The largest absolute Gasteiger partial charge is 0.396 e. The van der Waals surface area contributed by atoms with Gasteiger partial charge in [0.1, 0.15) is 30.5 Å². The molecule has 23 heavy (non-hydrogen) atoms. The summed E-state index contributed by atoms with van der Waals surface area (Å²) in [4.78, 5) is 0. The fourth-order valence-corrected chi connectivity index (χ4v) is 3.05. The number of rotatable bonds is 4. The molecule has 136 valence electrons. The summed E-state index contributed by atoms with van der Waals surface area (Å²) in [5, 5.41) is 67.9. The second kappa shape index (κ2) is 7.66. The van der Waals surface area contributed by atoms with Gasteiger partial charge in [0.25, 0.3) is 0 Å². The van der Waals surface area contributed by atoms with E-state index >= 15 is 0 Å². The second-order valence-corrected chi connectivity index (χ2v) is 6.12. The summed E-state index contributed by atoms with van der Waals surface area (Å²) in [5.41, 5.74) is 5.68. The molecular weight excluding hydrogens is 314 g/mol. The molecule has 1 aliphatic heterocycles. The first-order valence-electron chi connectivity index (χ1n) is 7.50. The standard InChI is InChI=1S/C13H25NO9/c14-5-1-4(2-15)12(10(20)7(5)17)23-13-11(21)9(19)8(18)6(3-16)22-13/h4-13,15-21H,1-3,14H2/t4?,5-,6?,7+,8-,9+,10+,11?,12+,13-/m0/s1. The van der Waals surface area contributed by atoms with Gasteiger partial charge in [0.2, 0.25) is 0 Å². The molecule has 1 saturated carbocycles. The SMILES string of the molecule is N[C@H]1CC(CO)[C@@H](O[C@@H]2OC(CO)[C@H](O)[C@@H](O)C2O)[C@H](O)[C@@H]1O. The smallest absolute Gasteiger partial charge is 0.187 e. The van der Waals surface area contributed by atoms with E-state index in [1.165, 1.54) is 0 Å². The maximum Gasteiger partial charge on any atom is 0.187 e. The van der Waals surface area contributed by atoms with Gasteiger partial charge in [-0.25, -0.2) is 0 Å². The van der Waals surface area contributed by atoms with Crippen LogP contribution in [0.4, 0.5) is 0 Å². The van der Waals surface area contributed by atoms with Crippen LogP contribution in [0.15, 0.2) is 0 Å². The molecule has 0 aromatic heterocycles. The fraction of sp³-hybridized carbons (Fsp3) is 1.00. The summed E-state index contributed by atoms with van der Waals surface area (Å²) in [5.74, 6) is -0.615. The van der Waals surface area contributed by atoms with Crippen molar-refractivity contribution in [2.75, 3.05) is 13.2 Å². The Hall–Kier alpha value is -0.400. The normalized spacial score (nSPS) is 51.7. The van der Waals surface area contributed by atoms with Crippen LogP contribution in [0.2, 0.25) is 0 Å². The lowest BCUT2D eigenvalue weighted by Crippen LogP contribution is -2.63.